The SMILES string of the molecule is c1ccc(-c2ccc(C3=Nc4cc5ccccc5nc4C(c4ccc(-c5ccccn5)cc4)=Nc4cc5ccccc5nc43)cc2)nc1. The van der Waals surface area contributed by atoms with Crippen LogP contribution < -0.4 is 0 Å². The van der Waals surface area contributed by atoms with E-state index in [1.165, 1.54) is 0 Å². The van der Waals surface area contributed by atoms with Crippen molar-refractivity contribution >= 4 is 44.6 Å². The maximum atomic E-state index is 5.40. The van der Waals surface area contributed by atoms with Gasteiger partial charge in [-0.25, -0.2) is 20.0 Å². The number of benzene rings is 4. The van der Waals surface area contributed by atoms with Gasteiger partial charge in [0.05, 0.1) is 45.2 Å². The molecule has 0 atom stereocenters. The number of pyridine rings is 4. The van der Waals surface area contributed by atoms with Crippen molar-refractivity contribution in [2.24, 2.45) is 9.98 Å². The molecule has 224 valence electrons. The first-order valence-corrected chi connectivity index (χ1v) is 15.8. The summed E-state index contributed by atoms with van der Waals surface area (Å²) < 4.78 is 0. The van der Waals surface area contributed by atoms with Crippen LogP contribution in [0.2, 0.25) is 0 Å². The molecule has 1 aliphatic rings. The van der Waals surface area contributed by atoms with Gasteiger partial charge in [0.1, 0.15) is 11.4 Å². The van der Waals surface area contributed by atoms with Gasteiger partial charge < -0.3 is 0 Å². The van der Waals surface area contributed by atoms with Crippen molar-refractivity contribution in [2.75, 3.05) is 0 Å². The molecule has 6 nitrogen and oxygen atoms in total. The Labute approximate surface area is 276 Å². The Hall–Kier alpha value is -6.66. The molecule has 0 radical (unpaired) electrons. The molecule has 0 aliphatic carbocycles. The fourth-order valence-corrected chi connectivity index (χ4v) is 6.14. The highest BCUT2D eigenvalue weighted by Crippen LogP contribution is 2.36. The Bertz CT molecular complexity index is 2340. The summed E-state index contributed by atoms with van der Waals surface area (Å²) in [5, 5.41) is 2.00. The summed E-state index contributed by atoms with van der Waals surface area (Å²) >= 11 is 0. The standard InChI is InChI=1S/C42H26N6/c1-3-13-35-31(9-1)25-37-41(45-35)39(29-19-15-27(16-20-29)33-11-5-7-23-43-33)48-38-26-32-10-2-4-14-36(32)46-42(38)40(47-37)30-21-17-28(18-22-30)34-12-6-8-24-44-34/h1-26H. The van der Waals surface area contributed by atoms with Crippen molar-refractivity contribution in [3.05, 3.63) is 181 Å². The molecule has 1 aliphatic heterocycles. The first-order valence-electron chi connectivity index (χ1n) is 15.8. The number of rotatable bonds is 4. The summed E-state index contributed by atoms with van der Waals surface area (Å²) in [4.78, 5) is 30.3. The minimum Gasteiger partial charge on any atom is -0.256 e. The van der Waals surface area contributed by atoms with Gasteiger partial charge in [0.25, 0.3) is 0 Å². The van der Waals surface area contributed by atoms with E-state index in [4.69, 9.17) is 20.0 Å². The predicted octanol–water partition coefficient (Wildman–Crippen LogP) is 9.56. The molecule has 4 aromatic heterocycles. The Kier molecular flexibility index (Phi) is 6.68. The number of nitrogens with zero attached hydrogens (tertiary/aromatic N) is 6. The van der Waals surface area contributed by atoms with Crippen LogP contribution in [0.1, 0.15) is 22.5 Å². The summed E-state index contributed by atoms with van der Waals surface area (Å²) in [6.07, 6.45) is 3.62. The van der Waals surface area contributed by atoms with Crippen molar-refractivity contribution in [2.45, 2.75) is 0 Å². The minimum atomic E-state index is 0.709. The average Bonchev–Trinajstić information content (AvgIpc) is 3.16. The van der Waals surface area contributed by atoms with E-state index in [0.717, 1.165) is 78.2 Å². The fourth-order valence-electron chi connectivity index (χ4n) is 6.14. The maximum absolute atomic E-state index is 5.40. The van der Waals surface area contributed by atoms with Crippen molar-refractivity contribution in [3.8, 4) is 22.5 Å². The largest absolute Gasteiger partial charge is 0.256 e. The molecule has 9 rings (SSSR count). The quantitative estimate of drug-likeness (QED) is 0.198. The number of para-hydroxylation sites is 2. The molecule has 0 unspecified atom stereocenters. The van der Waals surface area contributed by atoms with Crippen LogP contribution in [0.4, 0.5) is 11.4 Å². The normalized spacial score (nSPS) is 12.4. The van der Waals surface area contributed by atoms with Crippen LogP contribution in [0.5, 0.6) is 0 Å². The van der Waals surface area contributed by atoms with Crippen LogP contribution in [-0.4, -0.2) is 31.4 Å². The summed E-state index contributed by atoms with van der Waals surface area (Å²) in [5.74, 6) is 0. The van der Waals surface area contributed by atoms with Gasteiger partial charge in [0.2, 0.25) is 0 Å². The maximum Gasteiger partial charge on any atom is 0.116 e. The third kappa shape index (κ3) is 5.02. The highest BCUT2D eigenvalue weighted by molar-refractivity contribution is 6.22. The van der Waals surface area contributed by atoms with Crippen molar-refractivity contribution in [1.29, 1.82) is 0 Å². The Morgan fingerprint density at radius 3 is 1.17 bits per heavy atom. The van der Waals surface area contributed by atoms with Gasteiger partial charge in [-0.1, -0.05) is 97.1 Å². The molecular weight excluding hydrogens is 589 g/mol. The van der Waals surface area contributed by atoms with Crippen LogP contribution >= 0.6 is 0 Å². The smallest absolute Gasteiger partial charge is 0.116 e. The van der Waals surface area contributed by atoms with E-state index in [2.05, 4.69) is 82.8 Å². The van der Waals surface area contributed by atoms with Gasteiger partial charge in [-0.2, -0.15) is 0 Å². The summed E-state index contributed by atoms with van der Waals surface area (Å²) in [6.45, 7) is 0. The molecule has 8 aromatic rings. The number of aliphatic imine (C=N–C) groups is 2. The zero-order valence-corrected chi connectivity index (χ0v) is 25.7. The second kappa shape index (κ2) is 11.6. The number of hydrogen-bond acceptors (Lipinski definition) is 6. The summed E-state index contributed by atoms with van der Waals surface area (Å²) in [7, 11) is 0. The molecule has 0 fully saturated rings. The van der Waals surface area contributed by atoms with E-state index in [1.807, 2.05) is 85.2 Å². The van der Waals surface area contributed by atoms with Crippen LogP contribution in [-0.2, 0) is 0 Å². The second-order valence-electron chi connectivity index (χ2n) is 11.6. The number of aromatic nitrogens is 4. The molecule has 48 heavy (non-hydrogen) atoms. The van der Waals surface area contributed by atoms with Crippen molar-refractivity contribution < 1.29 is 0 Å². The predicted molar refractivity (Wildman–Crippen MR) is 193 cm³/mol. The van der Waals surface area contributed by atoms with Crippen molar-refractivity contribution in [3.63, 3.8) is 0 Å². The molecule has 0 N–H and O–H groups in total. The third-order valence-electron chi connectivity index (χ3n) is 8.56. The third-order valence-corrected chi connectivity index (χ3v) is 8.56. The summed E-state index contributed by atoms with van der Waals surface area (Å²) in [5.41, 5.74) is 11.8. The van der Waals surface area contributed by atoms with E-state index in [0.29, 0.717) is 11.4 Å². The van der Waals surface area contributed by atoms with E-state index in [1.54, 1.807) is 0 Å². The van der Waals surface area contributed by atoms with E-state index in [-0.39, 0.29) is 0 Å². The van der Waals surface area contributed by atoms with E-state index in [9.17, 15) is 0 Å². The highest BCUT2D eigenvalue weighted by Gasteiger charge is 2.24. The molecule has 0 saturated carbocycles. The van der Waals surface area contributed by atoms with Gasteiger partial charge >= 0.3 is 0 Å². The lowest BCUT2D eigenvalue weighted by atomic mass is 9.98. The van der Waals surface area contributed by atoms with Crippen LogP contribution in [0.15, 0.2) is 168 Å². The average molecular weight is 615 g/mol. The fraction of sp³-hybridized carbons (Fsp3) is 0. The Morgan fingerprint density at radius 2 is 0.750 bits per heavy atom. The van der Waals surface area contributed by atoms with Gasteiger partial charge in [0.15, 0.2) is 0 Å². The topological polar surface area (TPSA) is 76.3 Å². The molecular formula is C42H26N6. The van der Waals surface area contributed by atoms with Gasteiger partial charge in [-0.05, 0) is 48.5 Å². The van der Waals surface area contributed by atoms with Gasteiger partial charge in [-0.15, -0.1) is 0 Å². The molecule has 0 amide bonds. The lowest BCUT2D eigenvalue weighted by Crippen LogP contribution is -2.13. The minimum absolute atomic E-state index is 0.709. The van der Waals surface area contributed by atoms with Gasteiger partial charge in [0, 0.05) is 45.4 Å². The Balaban J connectivity index is 1.29. The van der Waals surface area contributed by atoms with E-state index >= 15 is 0 Å². The zero-order valence-electron chi connectivity index (χ0n) is 25.7. The Morgan fingerprint density at radius 1 is 0.354 bits per heavy atom. The first-order chi connectivity index (χ1) is 23.8. The summed E-state index contributed by atoms with van der Waals surface area (Å²) in [6, 6.07) is 49.0. The number of hydrogen-bond donors (Lipinski definition) is 0. The molecule has 5 heterocycles. The van der Waals surface area contributed by atoms with Crippen LogP contribution in [0.25, 0.3) is 44.3 Å². The second-order valence-corrected chi connectivity index (χ2v) is 11.6. The van der Waals surface area contributed by atoms with Crippen LogP contribution in [0, 0.1) is 0 Å². The van der Waals surface area contributed by atoms with Crippen LogP contribution in [0.3, 0.4) is 0 Å². The lowest BCUT2D eigenvalue weighted by Gasteiger charge is -2.18. The highest BCUT2D eigenvalue weighted by atomic mass is 14.9. The first kappa shape index (κ1) is 27.6. The molecule has 0 bridgehead atoms. The monoisotopic (exact) mass is 614 g/mol. The molecule has 0 saturated heterocycles. The van der Waals surface area contributed by atoms with E-state index < -0.39 is 0 Å². The molecule has 6 heteroatoms. The zero-order chi connectivity index (χ0) is 31.9. The van der Waals surface area contributed by atoms with Gasteiger partial charge in [-0.3, -0.25) is 9.97 Å². The molecule has 0 spiro atoms. The molecule has 4 aromatic carbocycles. The number of fused-ring (bicyclic) bond motifs is 4. The lowest BCUT2D eigenvalue weighted by molar-refractivity contribution is 1.27. The van der Waals surface area contributed by atoms with Crippen molar-refractivity contribution in [1.82, 2.24) is 19.9 Å².